The van der Waals surface area contributed by atoms with E-state index in [0.29, 0.717) is 37.9 Å². The number of hydrogen-bond donors (Lipinski definition) is 2. The van der Waals surface area contributed by atoms with Crippen molar-refractivity contribution in [2.45, 2.75) is 55.6 Å². The van der Waals surface area contributed by atoms with Crippen LogP contribution in [0.2, 0.25) is 0 Å². The van der Waals surface area contributed by atoms with Crippen LogP contribution in [0.5, 0.6) is 0 Å². The van der Waals surface area contributed by atoms with Gasteiger partial charge in [-0.25, -0.2) is 0 Å². The van der Waals surface area contributed by atoms with Crippen molar-refractivity contribution in [1.29, 1.82) is 15.8 Å². The van der Waals surface area contributed by atoms with Crippen molar-refractivity contribution >= 4 is 5.91 Å². The minimum Gasteiger partial charge on any atom is -0.338 e. The van der Waals surface area contributed by atoms with Gasteiger partial charge in [0, 0.05) is 38.2 Å². The van der Waals surface area contributed by atoms with E-state index in [1.165, 1.54) is 0 Å². The molecule has 8 heteroatoms. The van der Waals surface area contributed by atoms with E-state index in [1.54, 1.807) is 0 Å². The number of nitriles is 3. The maximum absolute atomic E-state index is 12.7. The summed E-state index contributed by atoms with van der Waals surface area (Å²) in [5.74, 6) is -0.233. The topological polar surface area (TPSA) is 133 Å². The molecule has 0 bridgehead atoms. The quantitative estimate of drug-likeness (QED) is 0.586. The molecule has 1 saturated carbocycles. The lowest BCUT2D eigenvalue weighted by Crippen LogP contribution is -2.57. The van der Waals surface area contributed by atoms with Crippen molar-refractivity contribution in [2.24, 2.45) is 5.73 Å². The molecule has 1 aliphatic heterocycles. The van der Waals surface area contributed by atoms with E-state index in [0.717, 1.165) is 49.0 Å². The number of rotatable bonds is 7. The highest BCUT2D eigenvalue weighted by Crippen LogP contribution is 2.31. The van der Waals surface area contributed by atoms with Crippen LogP contribution in [0.25, 0.3) is 11.1 Å². The van der Waals surface area contributed by atoms with Crippen molar-refractivity contribution in [3.05, 3.63) is 59.7 Å². The smallest absolute Gasteiger partial charge is 0.241 e. The Hall–Kier alpha value is -3.74. The Labute approximate surface area is 225 Å². The Kier molecular flexibility index (Phi) is 8.45. The highest BCUT2D eigenvalue weighted by Gasteiger charge is 2.40. The molecule has 0 spiro atoms. The van der Waals surface area contributed by atoms with Gasteiger partial charge in [-0.05, 0) is 36.6 Å². The van der Waals surface area contributed by atoms with Crippen molar-refractivity contribution < 1.29 is 4.79 Å². The Morgan fingerprint density at radius 1 is 0.947 bits per heavy atom. The van der Waals surface area contributed by atoms with Crippen LogP contribution in [0, 0.1) is 34.0 Å². The Morgan fingerprint density at radius 3 is 2.03 bits per heavy atom. The largest absolute Gasteiger partial charge is 0.338 e. The molecule has 1 saturated heterocycles. The maximum atomic E-state index is 12.7. The summed E-state index contributed by atoms with van der Waals surface area (Å²) in [6.07, 6.45) is 4.68. The second-order valence-corrected chi connectivity index (χ2v) is 10.6. The molecule has 1 atom stereocenters. The Balaban J connectivity index is 1.43. The standard InChI is InChI=1S/C30H35N7O/c1-36-15-17-37(18-16-36)30(21-32,22-33)26-11-9-25(10-12-26)24-7-5-23(6-8-24)19-27(20-31)35-28(38)29(34)13-3-2-4-14-29/h5-12,27H,2-4,13-19,34H2,1H3,(H,35,38). The van der Waals surface area contributed by atoms with Crippen LogP contribution in [0.1, 0.15) is 43.2 Å². The lowest BCUT2D eigenvalue weighted by molar-refractivity contribution is -0.127. The van der Waals surface area contributed by atoms with Crippen molar-refractivity contribution in [3.8, 4) is 29.3 Å². The summed E-state index contributed by atoms with van der Waals surface area (Å²) < 4.78 is 0. The van der Waals surface area contributed by atoms with Gasteiger partial charge in [0.15, 0.2) is 0 Å². The first-order valence-electron chi connectivity index (χ1n) is 13.3. The zero-order valence-corrected chi connectivity index (χ0v) is 22.0. The summed E-state index contributed by atoms with van der Waals surface area (Å²) >= 11 is 0. The third kappa shape index (κ3) is 5.72. The first-order chi connectivity index (χ1) is 18.3. The zero-order valence-electron chi connectivity index (χ0n) is 22.0. The van der Waals surface area contributed by atoms with Crippen molar-refractivity contribution in [3.63, 3.8) is 0 Å². The Bertz CT molecular complexity index is 1220. The molecule has 2 fully saturated rings. The van der Waals surface area contributed by atoms with Gasteiger partial charge in [0.1, 0.15) is 18.2 Å². The van der Waals surface area contributed by atoms with Crippen LogP contribution in [-0.2, 0) is 16.8 Å². The monoisotopic (exact) mass is 509 g/mol. The minimum absolute atomic E-state index is 0.233. The maximum Gasteiger partial charge on any atom is 0.241 e. The molecule has 1 aliphatic carbocycles. The predicted octanol–water partition coefficient (Wildman–Crippen LogP) is 3.06. The average Bonchev–Trinajstić information content (AvgIpc) is 2.95. The van der Waals surface area contributed by atoms with E-state index in [2.05, 4.69) is 28.4 Å². The van der Waals surface area contributed by atoms with E-state index in [4.69, 9.17) is 5.73 Å². The molecule has 2 aromatic rings. The number of hydrogen-bond acceptors (Lipinski definition) is 7. The third-order valence-corrected chi connectivity index (χ3v) is 7.99. The SMILES string of the molecule is CN1CCN(C(C#N)(C#N)c2ccc(-c3ccc(CC(C#N)NC(=O)C4(N)CCCCC4)cc3)cc2)CC1. The van der Waals surface area contributed by atoms with Gasteiger partial charge < -0.3 is 16.0 Å². The van der Waals surface area contributed by atoms with Gasteiger partial charge in [-0.3, -0.25) is 9.69 Å². The van der Waals surface area contributed by atoms with Crippen LogP contribution in [-0.4, -0.2) is 60.5 Å². The lowest BCUT2D eigenvalue weighted by atomic mass is 9.81. The predicted molar refractivity (Wildman–Crippen MR) is 145 cm³/mol. The fourth-order valence-electron chi connectivity index (χ4n) is 5.43. The van der Waals surface area contributed by atoms with E-state index in [1.807, 2.05) is 60.5 Å². The normalized spacial score (nSPS) is 18.9. The molecule has 1 unspecified atom stereocenters. The van der Waals surface area contributed by atoms with Crippen LogP contribution in [0.4, 0.5) is 0 Å². The number of carbonyl (C=O) groups excluding carboxylic acids is 1. The number of likely N-dealkylation sites (N-methyl/N-ethyl adjacent to an activating group) is 1. The highest BCUT2D eigenvalue weighted by atomic mass is 16.2. The van der Waals surface area contributed by atoms with Crippen molar-refractivity contribution in [2.75, 3.05) is 33.2 Å². The summed E-state index contributed by atoms with van der Waals surface area (Å²) in [7, 11) is 2.04. The molecule has 4 rings (SSSR count). The number of benzene rings is 2. The first kappa shape index (κ1) is 27.3. The molecule has 196 valence electrons. The molecular weight excluding hydrogens is 474 g/mol. The van der Waals surface area contributed by atoms with Crippen LogP contribution in [0.3, 0.4) is 0 Å². The summed E-state index contributed by atoms with van der Waals surface area (Å²) in [5.41, 5.74) is 7.72. The molecule has 3 N–H and O–H groups in total. The fourth-order valence-corrected chi connectivity index (χ4v) is 5.43. The van der Waals surface area contributed by atoms with Gasteiger partial charge in [0.25, 0.3) is 0 Å². The van der Waals surface area contributed by atoms with Gasteiger partial charge in [-0.15, -0.1) is 0 Å². The number of nitrogens with one attached hydrogen (secondary N) is 1. The van der Waals surface area contributed by atoms with E-state index >= 15 is 0 Å². The molecule has 8 nitrogen and oxygen atoms in total. The molecule has 2 aliphatic rings. The summed E-state index contributed by atoms with van der Waals surface area (Å²) in [6.45, 7) is 2.96. The van der Waals surface area contributed by atoms with Gasteiger partial charge in [0.2, 0.25) is 11.4 Å². The van der Waals surface area contributed by atoms with Crippen molar-refractivity contribution in [1.82, 2.24) is 15.1 Å². The summed E-state index contributed by atoms with van der Waals surface area (Å²) in [5, 5.41) is 32.5. The molecular formula is C30H35N7O. The van der Waals surface area contributed by atoms with Gasteiger partial charge >= 0.3 is 0 Å². The number of nitrogens with zero attached hydrogens (tertiary/aromatic N) is 5. The van der Waals surface area contributed by atoms with Gasteiger partial charge in [-0.2, -0.15) is 15.8 Å². The molecule has 1 heterocycles. The van der Waals surface area contributed by atoms with Gasteiger partial charge in [-0.1, -0.05) is 67.8 Å². The first-order valence-corrected chi connectivity index (χ1v) is 13.3. The lowest BCUT2D eigenvalue weighted by Gasteiger charge is -2.39. The summed E-state index contributed by atoms with van der Waals surface area (Å²) in [6, 6.07) is 21.6. The van der Waals surface area contributed by atoms with Crippen LogP contribution >= 0.6 is 0 Å². The second kappa shape index (κ2) is 11.8. The van der Waals surface area contributed by atoms with Crippen LogP contribution in [0.15, 0.2) is 48.5 Å². The average molecular weight is 510 g/mol. The molecule has 1 amide bonds. The summed E-state index contributed by atoms with van der Waals surface area (Å²) in [4.78, 5) is 16.9. The zero-order chi connectivity index (χ0) is 27.2. The van der Waals surface area contributed by atoms with E-state index < -0.39 is 17.1 Å². The second-order valence-electron chi connectivity index (χ2n) is 10.6. The highest BCUT2D eigenvalue weighted by molar-refractivity contribution is 5.86. The van der Waals surface area contributed by atoms with E-state index in [9.17, 15) is 20.6 Å². The van der Waals surface area contributed by atoms with Crippen LogP contribution < -0.4 is 11.1 Å². The van der Waals surface area contributed by atoms with Gasteiger partial charge in [0.05, 0.1) is 11.6 Å². The number of piperazine rings is 1. The van der Waals surface area contributed by atoms with E-state index in [-0.39, 0.29) is 5.91 Å². The minimum atomic E-state index is -1.31. The Morgan fingerprint density at radius 2 is 1.50 bits per heavy atom. The molecule has 38 heavy (non-hydrogen) atoms. The fraction of sp³-hybridized carbons (Fsp3) is 0.467. The number of nitrogens with two attached hydrogens (primary N) is 1. The number of carbonyl (C=O) groups is 1. The molecule has 2 aromatic carbocycles. The third-order valence-electron chi connectivity index (χ3n) is 7.99. The number of amides is 1. The molecule has 0 radical (unpaired) electrons. The molecule has 0 aromatic heterocycles.